The average Bonchev–Trinajstić information content (AvgIpc) is 2.82. The number of carbonyl (C=O) groups is 1. The van der Waals surface area contributed by atoms with Gasteiger partial charge in [-0.1, -0.05) is 12.1 Å². The third-order valence-electron chi connectivity index (χ3n) is 3.02. The number of anilines is 1. The molecule has 0 saturated carbocycles. The molecular weight excluding hydrogens is 218 g/mol. The number of nitrogens with zero attached hydrogens (tertiary/aromatic N) is 3. The Labute approximate surface area is 98.6 Å². The number of fused-ring (bicyclic) bond motifs is 1. The van der Waals surface area contributed by atoms with Gasteiger partial charge in [-0.25, -0.2) is 0 Å². The minimum atomic E-state index is 0.650. The van der Waals surface area contributed by atoms with Crippen molar-refractivity contribution in [1.82, 2.24) is 9.88 Å². The van der Waals surface area contributed by atoms with E-state index in [-0.39, 0.29) is 0 Å². The van der Waals surface area contributed by atoms with E-state index in [0.29, 0.717) is 6.01 Å². The van der Waals surface area contributed by atoms with Crippen LogP contribution in [0.2, 0.25) is 0 Å². The van der Waals surface area contributed by atoms with E-state index in [2.05, 4.69) is 9.88 Å². The Morgan fingerprint density at radius 2 is 1.94 bits per heavy atom. The number of hydrogen-bond acceptors (Lipinski definition) is 4. The van der Waals surface area contributed by atoms with Gasteiger partial charge in [0, 0.05) is 26.2 Å². The highest BCUT2D eigenvalue weighted by atomic mass is 16.4. The van der Waals surface area contributed by atoms with E-state index >= 15 is 0 Å². The largest absolute Gasteiger partial charge is 0.423 e. The molecule has 5 nitrogen and oxygen atoms in total. The molecule has 88 valence electrons. The molecule has 2 heterocycles. The summed E-state index contributed by atoms with van der Waals surface area (Å²) < 4.78 is 5.68. The number of rotatable bonds is 2. The lowest BCUT2D eigenvalue weighted by molar-refractivity contribution is -0.118. The molecule has 1 amide bonds. The summed E-state index contributed by atoms with van der Waals surface area (Å²) in [6.07, 6.45) is 0.892. The SMILES string of the molecule is O=CN1CCN(c2nc3ccccc3o2)CC1. The number of oxazole rings is 1. The lowest BCUT2D eigenvalue weighted by Gasteiger charge is -2.31. The molecule has 1 aromatic carbocycles. The molecule has 1 fully saturated rings. The van der Waals surface area contributed by atoms with Gasteiger partial charge in [-0.15, -0.1) is 0 Å². The third-order valence-corrected chi connectivity index (χ3v) is 3.02. The van der Waals surface area contributed by atoms with Crippen LogP contribution >= 0.6 is 0 Å². The fraction of sp³-hybridized carbons (Fsp3) is 0.333. The molecule has 0 unspecified atom stereocenters. The van der Waals surface area contributed by atoms with Crippen LogP contribution in [0.3, 0.4) is 0 Å². The summed E-state index contributed by atoms with van der Waals surface area (Å²) in [7, 11) is 0. The van der Waals surface area contributed by atoms with Crippen LogP contribution in [0.5, 0.6) is 0 Å². The van der Waals surface area contributed by atoms with Crippen LogP contribution in [0.15, 0.2) is 28.7 Å². The predicted octanol–water partition coefficient (Wildman–Crippen LogP) is 1.11. The highest BCUT2D eigenvalue weighted by Gasteiger charge is 2.19. The molecule has 0 spiro atoms. The molecule has 2 aromatic rings. The van der Waals surface area contributed by atoms with Crippen LogP contribution in [-0.4, -0.2) is 42.5 Å². The van der Waals surface area contributed by atoms with Crippen molar-refractivity contribution in [3.8, 4) is 0 Å². The number of benzene rings is 1. The van der Waals surface area contributed by atoms with Gasteiger partial charge in [0.1, 0.15) is 5.52 Å². The monoisotopic (exact) mass is 231 g/mol. The lowest BCUT2D eigenvalue weighted by Crippen LogP contribution is -2.45. The molecular formula is C12H13N3O2. The zero-order valence-electron chi connectivity index (χ0n) is 9.37. The van der Waals surface area contributed by atoms with E-state index in [1.165, 1.54) is 0 Å². The van der Waals surface area contributed by atoms with Crippen molar-refractivity contribution in [2.24, 2.45) is 0 Å². The number of amides is 1. The fourth-order valence-corrected chi connectivity index (χ4v) is 2.01. The molecule has 1 saturated heterocycles. The molecule has 1 aromatic heterocycles. The molecule has 0 N–H and O–H groups in total. The highest BCUT2D eigenvalue weighted by molar-refractivity contribution is 5.74. The first-order valence-corrected chi connectivity index (χ1v) is 5.67. The molecule has 5 heteroatoms. The molecule has 0 aliphatic carbocycles. The summed E-state index contributed by atoms with van der Waals surface area (Å²) >= 11 is 0. The molecule has 17 heavy (non-hydrogen) atoms. The topological polar surface area (TPSA) is 49.6 Å². The van der Waals surface area contributed by atoms with Crippen molar-refractivity contribution < 1.29 is 9.21 Å². The van der Waals surface area contributed by atoms with Gasteiger partial charge in [-0.3, -0.25) is 4.79 Å². The zero-order chi connectivity index (χ0) is 11.7. The summed E-state index contributed by atoms with van der Waals surface area (Å²) in [5.74, 6) is 0. The standard InChI is InChI=1S/C12H13N3O2/c16-9-14-5-7-15(8-6-14)12-13-10-3-1-2-4-11(10)17-12/h1-4,9H,5-8H2. The molecule has 1 aliphatic rings. The van der Waals surface area contributed by atoms with Crippen molar-refractivity contribution in [1.29, 1.82) is 0 Å². The number of aromatic nitrogens is 1. The van der Waals surface area contributed by atoms with Gasteiger partial charge in [0.05, 0.1) is 0 Å². The highest BCUT2D eigenvalue weighted by Crippen LogP contribution is 2.22. The molecule has 1 aliphatic heterocycles. The summed E-state index contributed by atoms with van der Waals surface area (Å²) in [5.41, 5.74) is 1.68. The molecule has 0 atom stereocenters. The van der Waals surface area contributed by atoms with Crippen LogP contribution in [0.4, 0.5) is 6.01 Å². The van der Waals surface area contributed by atoms with Gasteiger partial charge < -0.3 is 14.2 Å². The quantitative estimate of drug-likeness (QED) is 0.726. The van der Waals surface area contributed by atoms with Gasteiger partial charge in [0.15, 0.2) is 5.58 Å². The fourth-order valence-electron chi connectivity index (χ4n) is 2.01. The second-order valence-electron chi connectivity index (χ2n) is 4.09. The van der Waals surface area contributed by atoms with E-state index in [1.54, 1.807) is 4.90 Å². The Kier molecular flexibility index (Phi) is 2.44. The third kappa shape index (κ3) is 1.84. The van der Waals surface area contributed by atoms with Crippen LogP contribution < -0.4 is 4.90 Å². The number of hydrogen-bond donors (Lipinski definition) is 0. The van der Waals surface area contributed by atoms with Crippen molar-refractivity contribution >= 4 is 23.5 Å². The maximum atomic E-state index is 10.6. The molecule has 0 bridgehead atoms. The Morgan fingerprint density at radius 3 is 2.65 bits per heavy atom. The maximum absolute atomic E-state index is 10.6. The summed E-state index contributed by atoms with van der Waals surface area (Å²) in [4.78, 5) is 18.9. The second kappa shape index (κ2) is 4.08. The van der Waals surface area contributed by atoms with Crippen molar-refractivity contribution in [3.05, 3.63) is 24.3 Å². The predicted molar refractivity (Wildman–Crippen MR) is 63.9 cm³/mol. The van der Waals surface area contributed by atoms with Crippen molar-refractivity contribution in [3.63, 3.8) is 0 Å². The number of para-hydroxylation sites is 2. The van der Waals surface area contributed by atoms with E-state index in [4.69, 9.17) is 4.42 Å². The van der Waals surface area contributed by atoms with Crippen molar-refractivity contribution in [2.45, 2.75) is 0 Å². The minimum Gasteiger partial charge on any atom is -0.423 e. The molecule has 0 radical (unpaired) electrons. The maximum Gasteiger partial charge on any atom is 0.298 e. The van der Waals surface area contributed by atoms with Crippen LogP contribution in [0.1, 0.15) is 0 Å². The smallest absolute Gasteiger partial charge is 0.298 e. The van der Waals surface area contributed by atoms with Gasteiger partial charge in [-0.2, -0.15) is 4.98 Å². The Balaban J connectivity index is 1.82. The Morgan fingerprint density at radius 1 is 1.18 bits per heavy atom. The lowest BCUT2D eigenvalue weighted by atomic mass is 10.3. The molecule has 3 rings (SSSR count). The summed E-state index contributed by atoms with van der Waals surface area (Å²) in [6, 6.07) is 8.37. The minimum absolute atomic E-state index is 0.650. The van der Waals surface area contributed by atoms with Gasteiger partial charge in [0.25, 0.3) is 6.01 Å². The Bertz CT molecular complexity index is 496. The second-order valence-corrected chi connectivity index (χ2v) is 4.09. The normalized spacial score (nSPS) is 16.5. The van der Waals surface area contributed by atoms with E-state index in [9.17, 15) is 4.79 Å². The van der Waals surface area contributed by atoms with Gasteiger partial charge >= 0.3 is 0 Å². The van der Waals surface area contributed by atoms with Crippen LogP contribution in [0.25, 0.3) is 11.1 Å². The summed E-state index contributed by atoms with van der Waals surface area (Å²) in [6.45, 7) is 2.99. The first-order chi connectivity index (χ1) is 8.36. The van der Waals surface area contributed by atoms with E-state index < -0.39 is 0 Å². The van der Waals surface area contributed by atoms with Crippen LogP contribution in [0, 0.1) is 0 Å². The Hall–Kier alpha value is -2.04. The van der Waals surface area contributed by atoms with E-state index in [0.717, 1.165) is 43.7 Å². The van der Waals surface area contributed by atoms with Gasteiger partial charge in [-0.05, 0) is 12.1 Å². The van der Waals surface area contributed by atoms with Gasteiger partial charge in [0.2, 0.25) is 6.41 Å². The van der Waals surface area contributed by atoms with Crippen LogP contribution in [-0.2, 0) is 4.79 Å². The summed E-state index contributed by atoms with van der Waals surface area (Å²) in [5, 5.41) is 0. The number of carbonyl (C=O) groups excluding carboxylic acids is 1. The van der Waals surface area contributed by atoms with Crippen molar-refractivity contribution in [2.75, 3.05) is 31.1 Å². The first kappa shape index (κ1) is 10.1. The van der Waals surface area contributed by atoms with E-state index in [1.807, 2.05) is 24.3 Å². The zero-order valence-corrected chi connectivity index (χ0v) is 9.37. The number of piperazine rings is 1. The first-order valence-electron chi connectivity index (χ1n) is 5.67. The average molecular weight is 231 g/mol.